The van der Waals surface area contributed by atoms with E-state index in [0.29, 0.717) is 0 Å². The van der Waals surface area contributed by atoms with Crippen LogP contribution < -0.4 is 0 Å². The third-order valence-corrected chi connectivity index (χ3v) is 4.03. The second-order valence-corrected chi connectivity index (χ2v) is 5.18. The molecule has 88 valence electrons. The summed E-state index contributed by atoms with van der Waals surface area (Å²) in [6, 6.07) is 0. The summed E-state index contributed by atoms with van der Waals surface area (Å²) >= 11 is 1.46. The topological polar surface area (TPSA) is 42.4 Å². The fourth-order valence-electron chi connectivity index (χ4n) is 1.81. The Kier molecular flexibility index (Phi) is 3.37. The van der Waals surface area contributed by atoms with Crippen LogP contribution >= 0.6 is 11.3 Å². The monoisotopic (exact) mass is 240 g/mol. The van der Waals surface area contributed by atoms with E-state index in [9.17, 15) is 4.79 Å². The molecule has 5 heteroatoms. The van der Waals surface area contributed by atoms with Crippen LogP contribution in [0.15, 0.2) is 0 Å². The van der Waals surface area contributed by atoms with Gasteiger partial charge in [-0.2, -0.15) is 0 Å². The van der Waals surface area contributed by atoms with Crippen molar-refractivity contribution in [3.8, 4) is 0 Å². The highest BCUT2D eigenvalue weighted by atomic mass is 32.1. The molecule has 0 spiro atoms. The summed E-state index contributed by atoms with van der Waals surface area (Å²) in [5.74, 6) is 0.0883. The Bertz CT molecular complexity index is 403. The van der Waals surface area contributed by atoms with Crippen molar-refractivity contribution in [1.29, 1.82) is 0 Å². The molecule has 1 atom stereocenters. The quantitative estimate of drug-likeness (QED) is 0.737. The molecule has 16 heavy (non-hydrogen) atoms. The fraction of sp³-hybridized carbons (Fsp3) is 0.636. The lowest BCUT2D eigenvalue weighted by Crippen LogP contribution is -2.35. The van der Waals surface area contributed by atoms with E-state index in [1.807, 2.05) is 6.92 Å². The zero-order valence-electron chi connectivity index (χ0n) is 9.82. The van der Waals surface area contributed by atoms with Gasteiger partial charge < -0.3 is 9.64 Å². The minimum atomic E-state index is 0.0237. The van der Waals surface area contributed by atoms with Gasteiger partial charge in [-0.25, -0.2) is 4.98 Å². The highest BCUT2D eigenvalue weighted by Gasteiger charge is 2.24. The lowest BCUT2D eigenvalue weighted by molar-refractivity contribution is -0.0210. The first-order valence-electron chi connectivity index (χ1n) is 5.36. The molecule has 0 N–H and O–H groups in total. The number of aryl methyl sites for hydroxylation is 1. The third-order valence-electron chi connectivity index (χ3n) is 2.68. The molecule has 0 aliphatic carbocycles. The SMILES string of the molecule is CC(=O)c1sc(C2CN(C)CCO2)nc1C. The number of Topliss-reactive ketones (excluding diaryl/α,β-unsaturated/α-hetero) is 1. The van der Waals surface area contributed by atoms with Gasteiger partial charge >= 0.3 is 0 Å². The zero-order chi connectivity index (χ0) is 11.7. The van der Waals surface area contributed by atoms with Crippen LogP contribution in [0, 0.1) is 6.92 Å². The first-order valence-corrected chi connectivity index (χ1v) is 6.18. The number of thiazole rings is 1. The molecule has 1 unspecified atom stereocenters. The Morgan fingerprint density at radius 2 is 2.38 bits per heavy atom. The first-order chi connectivity index (χ1) is 7.58. The van der Waals surface area contributed by atoms with Gasteiger partial charge in [0.15, 0.2) is 5.78 Å². The Balaban J connectivity index is 2.20. The number of hydrogen-bond donors (Lipinski definition) is 0. The summed E-state index contributed by atoms with van der Waals surface area (Å²) in [6.45, 7) is 6.00. The van der Waals surface area contributed by atoms with Crippen molar-refractivity contribution in [1.82, 2.24) is 9.88 Å². The molecule has 1 aliphatic heterocycles. The van der Waals surface area contributed by atoms with E-state index >= 15 is 0 Å². The van der Waals surface area contributed by atoms with Crippen LogP contribution in [0.1, 0.15) is 33.4 Å². The van der Waals surface area contributed by atoms with E-state index in [-0.39, 0.29) is 11.9 Å². The number of aromatic nitrogens is 1. The van der Waals surface area contributed by atoms with Crippen LogP contribution in [-0.4, -0.2) is 42.4 Å². The fourth-order valence-corrected chi connectivity index (χ4v) is 2.81. The highest BCUT2D eigenvalue weighted by molar-refractivity contribution is 7.13. The molecule has 1 saturated heterocycles. The van der Waals surface area contributed by atoms with Gasteiger partial charge in [0.2, 0.25) is 0 Å². The van der Waals surface area contributed by atoms with Crippen molar-refractivity contribution in [2.45, 2.75) is 20.0 Å². The molecule has 0 saturated carbocycles. The normalized spacial score (nSPS) is 22.3. The van der Waals surface area contributed by atoms with Crippen molar-refractivity contribution in [3.63, 3.8) is 0 Å². The van der Waals surface area contributed by atoms with Crippen molar-refractivity contribution < 1.29 is 9.53 Å². The van der Waals surface area contributed by atoms with E-state index in [2.05, 4.69) is 16.9 Å². The number of ketones is 1. The predicted molar refractivity (Wildman–Crippen MR) is 63.0 cm³/mol. The average molecular weight is 240 g/mol. The van der Waals surface area contributed by atoms with Gasteiger partial charge in [0.25, 0.3) is 0 Å². The van der Waals surface area contributed by atoms with Crippen molar-refractivity contribution in [2.24, 2.45) is 0 Å². The van der Waals surface area contributed by atoms with Gasteiger partial charge in [0, 0.05) is 20.0 Å². The number of morpholine rings is 1. The molecule has 2 heterocycles. The lowest BCUT2D eigenvalue weighted by atomic mass is 10.3. The molecule has 0 amide bonds. The zero-order valence-corrected chi connectivity index (χ0v) is 10.6. The summed E-state index contributed by atoms with van der Waals surface area (Å²) in [7, 11) is 2.07. The van der Waals surface area contributed by atoms with Gasteiger partial charge in [-0.1, -0.05) is 0 Å². The van der Waals surface area contributed by atoms with E-state index < -0.39 is 0 Å². The summed E-state index contributed by atoms with van der Waals surface area (Å²) in [6.07, 6.45) is 0.0237. The van der Waals surface area contributed by atoms with Crippen molar-refractivity contribution >= 4 is 17.1 Å². The maximum atomic E-state index is 11.3. The van der Waals surface area contributed by atoms with Crippen LogP contribution in [0.5, 0.6) is 0 Å². The van der Waals surface area contributed by atoms with Crippen LogP contribution in [0.4, 0.5) is 0 Å². The smallest absolute Gasteiger partial charge is 0.171 e. The molecule has 1 aromatic heterocycles. The predicted octanol–water partition coefficient (Wildman–Crippen LogP) is 1.66. The molecule has 0 aromatic carbocycles. The van der Waals surface area contributed by atoms with Gasteiger partial charge in [0.1, 0.15) is 11.1 Å². The van der Waals surface area contributed by atoms with E-state index in [1.165, 1.54) is 11.3 Å². The van der Waals surface area contributed by atoms with E-state index in [4.69, 9.17) is 4.74 Å². The summed E-state index contributed by atoms with van der Waals surface area (Å²) in [5, 5.41) is 0.925. The maximum absolute atomic E-state index is 11.3. The summed E-state index contributed by atoms with van der Waals surface area (Å²) < 4.78 is 5.68. The molecule has 4 nitrogen and oxygen atoms in total. The number of carbonyl (C=O) groups is 1. The lowest BCUT2D eigenvalue weighted by Gasteiger charge is -2.28. The number of carbonyl (C=O) groups excluding carboxylic acids is 1. The minimum absolute atomic E-state index is 0.0237. The van der Waals surface area contributed by atoms with Crippen LogP contribution in [-0.2, 0) is 4.74 Å². The number of ether oxygens (including phenoxy) is 1. The summed E-state index contributed by atoms with van der Waals surface area (Å²) in [5.41, 5.74) is 0.823. The van der Waals surface area contributed by atoms with Crippen LogP contribution in [0.25, 0.3) is 0 Å². The molecule has 1 aliphatic rings. The molecule has 0 radical (unpaired) electrons. The van der Waals surface area contributed by atoms with Gasteiger partial charge in [-0.3, -0.25) is 4.79 Å². The van der Waals surface area contributed by atoms with Crippen molar-refractivity contribution in [2.75, 3.05) is 26.7 Å². The van der Waals surface area contributed by atoms with E-state index in [1.54, 1.807) is 6.92 Å². The number of nitrogens with zero attached hydrogens (tertiary/aromatic N) is 2. The van der Waals surface area contributed by atoms with Crippen LogP contribution in [0.2, 0.25) is 0 Å². The molecular weight excluding hydrogens is 224 g/mol. The maximum Gasteiger partial charge on any atom is 0.171 e. The van der Waals surface area contributed by atoms with Gasteiger partial charge in [-0.15, -0.1) is 11.3 Å². The number of rotatable bonds is 2. The number of likely N-dealkylation sites (N-methyl/N-ethyl adjacent to an activating group) is 1. The second kappa shape index (κ2) is 4.61. The molecule has 2 rings (SSSR count). The average Bonchev–Trinajstić information content (AvgIpc) is 2.60. The van der Waals surface area contributed by atoms with Crippen molar-refractivity contribution in [3.05, 3.63) is 15.6 Å². The Morgan fingerprint density at radius 3 is 2.94 bits per heavy atom. The Hall–Kier alpha value is -0.780. The highest BCUT2D eigenvalue weighted by Crippen LogP contribution is 2.28. The molecule has 1 aromatic rings. The Morgan fingerprint density at radius 1 is 1.62 bits per heavy atom. The molecule has 0 bridgehead atoms. The van der Waals surface area contributed by atoms with Gasteiger partial charge in [-0.05, 0) is 14.0 Å². The third kappa shape index (κ3) is 2.31. The number of hydrogen-bond acceptors (Lipinski definition) is 5. The molecular formula is C11H16N2O2S. The first kappa shape index (κ1) is 11.7. The van der Waals surface area contributed by atoms with Crippen LogP contribution in [0.3, 0.4) is 0 Å². The standard InChI is InChI=1S/C11H16N2O2S/c1-7-10(8(2)14)16-11(12-7)9-6-13(3)4-5-15-9/h9H,4-6H2,1-3H3. The molecule has 1 fully saturated rings. The summed E-state index contributed by atoms with van der Waals surface area (Å²) in [4.78, 5) is 18.8. The van der Waals surface area contributed by atoms with E-state index in [0.717, 1.165) is 35.3 Å². The largest absolute Gasteiger partial charge is 0.368 e. The van der Waals surface area contributed by atoms with Gasteiger partial charge in [0.05, 0.1) is 17.2 Å². The minimum Gasteiger partial charge on any atom is -0.368 e. The second-order valence-electron chi connectivity index (χ2n) is 4.14. The Labute approximate surface area is 99.2 Å².